The fraction of sp³-hybridized carbons (Fsp3) is 0.857. The van der Waals surface area contributed by atoms with Crippen LogP contribution in [0.3, 0.4) is 0 Å². The van der Waals surface area contributed by atoms with Gasteiger partial charge in [0.15, 0.2) is 0 Å². The first-order chi connectivity index (χ1) is 4.49. The molecular formula is C7H13NS2. The van der Waals surface area contributed by atoms with Gasteiger partial charge in [0.1, 0.15) is 4.32 Å². The Bertz CT molecular complexity index is 154. The molecule has 0 aliphatic carbocycles. The molecule has 1 saturated heterocycles. The summed E-state index contributed by atoms with van der Waals surface area (Å²) in [5, 5.41) is 3.23. The van der Waals surface area contributed by atoms with E-state index in [0.29, 0.717) is 10.8 Å². The van der Waals surface area contributed by atoms with Crippen LogP contribution >= 0.6 is 24.0 Å². The summed E-state index contributed by atoms with van der Waals surface area (Å²) in [7, 11) is 0. The van der Waals surface area contributed by atoms with E-state index in [1.165, 1.54) is 6.42 Å². The number of thioether (sulfide) groups is 1. The van der Waals surface area contributed by atoms with E-state index in [-0.39, 0.29) is 0 Å². The second-order valence-corrected chi connectivity index (χ2v) is 5.78. The van der Waals surface area contributed by atoms with E-state index in [2.05, 4.69) is 26.1 Å². The Morgan fingerprint density at radius 3 is 2.70 bits per heavy atom. The zero-order chi connectivity index (χ0) is 7.78. The third-order valence-corrected chi connectivity index (χ3v) is 2.92. The minimum Gasteiger partial charge on any atom is -0.368 e. The second kappa shape index (κ2) is 2.70. The Hall–Kier alpha value is 0.240. The molecule has 1 aliphatic rings. The third kappa shape index (κ3) is 2.13. The fourth-order valence-corrected chi connectivity index (χ4v) is 3.28. The van der Waals surface area contributed by atoms with E-state index in [1.54, 1.807) is 11.8 Å². The van der Waals surface area contributed by atoms with Crippen molar-refractivity contribution in [2.75, 3.05) is 0 Å². The van der Waals surface area contributed by atoms with Crippen LogP contribution in [0.5, 0.6) is 0 Å². The maximum atomic E-state index is 5.08. The predicted octanol–water partition coefficient (Wildman–Crippen LogP) is 2.16. The minimum absolute atomic E-state index is 0.335. The minimum atomic E-state index is 0.335. The van der Waals surface area contributed by atoms with Crippen molar-refractivity contribution in [1.82, 2.24) is 5.32 Å². The Morgan fingerprint density at radius 2 is 2.30 bits per heavy atom. The van der Waals surface area contributed by atoms with Gasteiger partial charge in [-0.1, -0.05) is 37.8 Å². The first-order valence-corrected chi connectivity index (χ1v) is 4.71. The highest BCUT2D eigenvalue weighted by Gasteiger charge is 2.28. The zero-order valence-corrected chi connectivity index (χ0v) is 8.23. The van der Waals surface area contributed by atoms with Crippen molar-refractivity contribution in [3.8, 4) is 0 Å². The predicted molar refractivity (Wildman–Crippen MR) is 51.5 cm³/mol. The van der Waals surface area contributed by atoms with Gasteiger partial charge in [0, 0.05) is 10.8 Å². The molecule has 0 bridgehead atoms. The van der Waals surface area contributed by atoms with E-state index in [1.807, 2.05) is 0 Å². The maximum absolute atomic E-state index is 5.08. The topological polar surface area (TPSA) is 12.0 Å². The first kappa shape index (κ1) is 8.34. The van der Waals surface area contributed by atoms with Crippen LogP contribution < -0.4 is 5.32 Å². The van der Waals surface area contributed by atoms with Crippen molar-refractivity contribution in [1.29, 1.82) is 0 Å². The van der Waals surface area contributed by atoms with Crippen molar-refractivity contribution < 1.29 is 0 Å². The highest BCUT2D eigenvalue weighted by molar-refractivity contribution is 8.23. The van der Waals surface area contributed by atoms with Crippen molar-refractivity contribution >= 4 is 28.3 Å². The molecule has 10 heavy (non-hydrogen) atoms. The molecular weight excluding hydrogens is 162 g/mol. The first-order valence-electron chi connectivity index (χ1n) is 3.49. The Morgan fingerprint density at radius 1 is 1.70 bits per heavy atom. The van der Waals surface area contributed by atoms with E-state index in [0.717, 1.165) is 4.32 Å². The molecule has 0 amide bonds. The lowest BCUT2D eigenvalue weighted by Gasteiger charge is -2.34. The molecule has 1 heterocycles. The van der Waals surface area contributed by atoms with Crippen LogP contribution in [0.1, 0.15) is 27.2 Å². The molecule has 1 aliphatic heterocycles. The van der Waals surface area contributed by atoms with Gasteiger partial charge in [0.05, 0.1) is 0 Å². The Balaban J connectivity index is 2.59. The lowest BCUT2D eigenvalue weighted by molar-refractivity contribution is 0.520. The molecule has 1 nitrogen and oxygen atoms in total. The monoisotopic (exact) mass is 175 g/mol. The third-order valence-electron chi connectivity index (χ3n) is 1.53. The van der Waals surface area contributed by atoms with E-state index in [9.17, 15) is 0 Å². The average molecular weight is 175 g/mol. The summed E-state index contributed by atoms with van der Waals surface area (Å²) in [6, 6.07) is 0.545. The molecule has 1 N–H and O–H groups in total. The van der Waals surface area contributed by atoms with Gasteiger partial charge in [0.2, 0.25) is 0 Å². The lowest BCUT2D eigenvalue weighted by atomic mass is 10.0. The van der Waals surface area contributed by atoms with Crippen molar-refractivity contribution in [3.63, 3.8) is 0 Å². The van der Waals surface area contributed by atoms with Crippen molar-refractivity contribution in [2.45, 2.75) is 38.0 Å². The summed E-state index contributed by atoms with van der Waals surface area (Å²) in [5.41, 5.74) is 0. The SMILES string of the molecule is CC1CC(C)(C)SC(=S)N1. The summed E-state index contributed by atoms with van der Waals surface area (Å²) in [6.45, 7) is 6.65. The van der Waals surface area contributed by atoms with Crippen molar-refractivity contribution in [3.05, 3.63) is 0 Å². The Kier molecular flexibility index (Phi) is 2.25. The van der Waals surface area contributed by atoms with Crippen LogP contribution in [0.4, 0.5) is 0 Å². The Labute approximate surface area is 72.0 Å². The van der Waals surface area contributed by atoms with Gasteiger partial charge >= 0.3 is 0 Å². The molecule has 0 aromatic rings. The number of thiocarbonyl (C=S) groups is 1. The summed E-state index contributed by atoms with van der Waals surface area (Å²) in [5.74, 6) is 0. The molecule has 0 aromatic carbocycles. The highest BCUT2D eigenvalue weighted by Crippen LogP contribution is 2.33. The molecule has 1 fully saturated rings. The zero-order valence-electron chi connectivity index (χ0n) is 6.60. The standard InChI is InChI=1S/C7H13NS2/c1-5-4-7(2,3)10-6(9)8-5/h5H,4H2,1-3H3,(H,8,9). The van der Waals surface area contributed by atoms with Crippen LogP contribution in [-0.4, -0.2) is 15.1 Å². The van der Waals surface area contributed by atoms with Crippen LogP contribution in [0.25, 0.3) is 0 Å². The van der Waals surface area contributed by atoms with Gasteiger partial charge in [-0.25, -0.2) is 0 Å². The molecule has 1 rings (SSSR count). The van der Waals surface area contributed by atoms with Gasteiger partial charge in [-0.15, -0.1) is 0 Å². The average Bonchev–Trinajstić information content (AvgIpc) is 1.54. The van der Waals surface area contributed by atoms with Gasteiger partial charge < -0.3 is 5.32 Å². The molecule has 0 saturated carbocycles. The molecule has 0 spiro atoms. The largest absolute Gasteiger partial charge is 0.368 e. The number of hydrogen-bond donors (Lipinski definition) is 1. The van der Waals surface area contributed by atoms with E-state index < -0.39 is 0 Å². The molecule has 1 unspecified atom stereocenters. The fourth-order valence-electron chi connectivity index (χ4n) is 1.31. The molecule has 58 valence electrons. The van der Waals surface area contributed by atoms with E-state index >= 15 is 0 Å². The van der Waals surface area contributed by atoms with Crippen LogP contribution in [0.15, 0.2) is 0 Å². The van der Waals surface area contributed by atoms with Gasteiger partial charge in [-0.2, -0.15) is 0 Å². The normalized spacial score (nSPS) is 31.5. The second-order valence-electron chi connectivity index (χ2n) is 3.40. The van der Waals surface area contributed by atoms with E-state index in [4.69, 9.17) is 12.2 Å². The number of hydrogen-bond acceptors (Lipinski definition) is 2. The number of rotatable bonds is 0. The summed E-state index contributed by atoms with van der Waals surface area (Å²) in [6.07, 6.45) is 1.19. The highest BCUT2D eigenvalue weighted by atomic mass is 32.2. The van der Waals surface area contributed by atoms with Gasteiger partial charge in [-0.3, -0.25) is 0 Å². The van der Waals surface area contributed by atoms with Gasteiger partial charge in [0.25, 0.3) is 0 Å². The summed E-state index contributed by atoms with van der Waals surface area (Å²) in [4.78, 5) is 0. The van der Waals surface area contributed by atoms with Crippen LogP contribution in [-0.2, 0) is 0 Å². The molecule has 3 heteroatoms. The number of nitrogens with one attached hydrogen (secondary N) is 1. The quantitative estimate of drug-likeness (QED) is 0.567. The summed E-state index contributed by atoms with van der Waals surface area (Å²) >= 11 is 6.85. The smallest absolute Gasteiger partial charge is 0.134 e. The lowest BCUT2D eigenvalue weighted by Crippen LogP contribution is -2.42. The van der Waals surface area contributed by atoms with Crippen LogP contribution in [0, 0.1) is 0 Å². The van der Waals surface area contributed by atoms with Crippen LogP contribution in [0.2, 0.25) is 0 Å². The van der Waals surface area contributed by atoms with Gasteiger partial charge in [-0.05, 0) is 13.3 Å². The maximum Gasteiger partial charge on any atom is 0.134 e. The molecule has 0 aromatic heterocycles. The molecule has 1 atom stereocenters. The molecule has 0 radical (unpaired) electrons. The van der Waals surface area contributed by atoms with Crippen molar-refractivity contribution in [2.24, 2.45) is 0 Å². The summed E-state index contributed by atoms with van der Waals surface area (Å²) < 4.78 is 1.28.